The molecule has 2 aromatic rings. The van der Waals surface area contributed by atoms with Crippen molar-refractivity contribution in [1.82, 2.24) is 10.6 Å². The van der Waals surface area contributed by atoms with Crippen LogP contribution in [-0.4, -0.2) is 62.0 Å². The molecule has 2 aromatic carbocycles. The molecule has 2 atom stereocenters. The van der Waals surface area contributed by atoms with Gasteiger partial charge in [0.05, 0.1) is 18.5 Å². The quantitative estimate of drug-likeness (QED) is 0.282. The molecule has 3 amide bonds. The Morgan fingerprint density at radius 3 is 2.35 bits per heavy atom. The number of benzene rings is 2. The van der Waals surface area contributed by atoms with Gasteiger partial charge in [0.25, 0.3) is 0 Å². The van der Waals surface area contributed by atoms with Crippen LogP contribution >= 0.6 is 11.8 Å². The van der Waals surface area contributed by atoms with E-state index in [1.54, 1.807) is 6.07 Å². The van der Waals surface area contributed by atoms with Crippen LogP contribution in [0, 0.1) is 17.2 Å². The first-order chi connectivity index (χ1) is 17.9. The van der Waals surface area contributed by atoms with E-state index in [0.29, 0.717) is 31.1 Å². The number of carbonyl (C=O) groups excluding carboxylic acids is 3. The second kappa shape index (κ2) is 16.1. The van der Waals surface area contributed by atoms with Crippen LogP contribution in [0.1, 0.15) is 20.3 Å². The van der Waals surface area contributed by atoms with Crippen molar-refractivity contribution >= 4 is 46.5 Å². The SMILES string of the molecule is CCNC(=O)C[C@@H](C#N)CSC(CNc1cccc(NC(=O)CN(C)c2ccccc2)c1)C(=O)NCC. The summed E-state index contributed by atoms with van der Waals surface area (Å²) in [5.74, 6) is -0.573. The van der Waals surface area contributed by atoms with Gasteiger partial charge in [-0.1, -0.05) is 24.3 Å². The molecule has 0 saturated heterocycles. The molecule has 0 aliphatic rings. The van der Waals surface area contributed by atoms with Gasteiger partial charge in [-0.3, -0.25) is 14.4 Å². The van der Waals surface area contributed by atoms with E-state index in [2.05, 4.69) is 27.3 Å². The Labute approximate surface area is 223 Å². The number of nitrogens with one attached hydrogen (secondary N) is 4. The molecular weight excluding hydrogens is 488 g/mol. The Hall–Kier alpha value is -3.71. The molecule has 0 heterocycles. The number of hydrogen-bond acceptors (Lipinski definition) is 7. The van der Waals surface area contributed by atoms with Crippen LogP contribution in [0.2, 0.25) is 0 Å². The fourth-order valence-corrected chi connectivity index (χ4v) is 4.58. The third-order valence-electron chi connectivity index (χ3n) is 5.35. The van der Waals surface area contributed by atoms with Crippen LogP contribution in [0.4, 0.5) is 17.1 Å². The number of nitriles is 1. The molecule has 0 aliphatic carbocycles. The number of anilines is 3. The van der Waals surface area contributed by atoms with Crippen LogP contribution in [0.5, 0.6) is 0 Å². The number of likely N-dealkylation sites (N-methyl/N-ethyl adjacent to an activating group) is 1. The molecule has 0 bridgehead atoms. The first-order valence-electron chi connectivity index (χ1n) is 12.3. The summed E-state index contributed by atoms with van der Waals surface area (Å²) in [7, 11) is 1.86. The standard InChI is InChI=1S/C27H36N6O3S/c1-4-29-25(34)14-20(16-28)19-37-24(27(36)30-5-2)17-31-21-10-9-11-22(15-21)32-26(35)18-33(3)23-12-7-6-8-13-23/h6-13,15,20,24,31H,4-5,14,17-19H2,1-3H3,(H,29,34)(H,30,36)(H,32,35)/t20-,24?/m0/s1. The van der Waals surface area contributed by atoms with E-state index in [4.69, 9.17) is 0 Å². The third-order valence-corrected chi connectivity index (χ3v) is 6.72. The average Bonchev–Trinajstić information content (AvgIpc) is 2.88. The predicted octanol–water partition coefficient (Wildman–Crippen LogP) is 3.08. The molecular formula is C27H36N6O3S. The molecule has 0 fully saturated rings. The molecule has 10 heteroatoms. The van der Waals surface area contributed by atoms with Crippen LogP contribution in [0.15, 0.2) is 54.6 Å². The minimum absolute atomic E-state index is 0.105. The van der Waals surface area contributed by atoms with Gasteiger partial charge in [0.1, 0.15) is 5.25 Å². The summed E-state index contributed by atoms with van der Waals surface area (Å²) in [6.45, 7) is 5.21. The number of para-hydroxylation sites is 1. The molecule has 2 rings (SSSR count). The van der Waals surface area contributed by atoms with E-state index >= 15 is 0 Å². The van der Waals surface area contributed by atoms with Crippen LogP contribution in [0.3, 0.4) is 0 Å². The second-order valence-electron chi connectivity index (χ2n) is 8.40. The minimum atomic E-state index is -0.485. The van der Waals surface area contributed by atoms with Gasteiger partial charge in [-0.15, -0.1) is 11.8 Å². The monoisotopic (exact) mass is 524 g/mol. The summed E-state index contributed by atoms with van der Waals surface area (Å²) in [5, 5.41) is 20.7. The van der Waals surface area contributed by atoms with Crippen molar-refractivity contribution in [2.24, 2.45) is 5.92 Å². The largest absolute Gasteiger partial charge is 0.383 e. The number of amides is 3. The van der Waals surface area contributed by atoms with E-state index in [0.717, 1.165) is 11.4 Å². The van der Waals surface area contributed by atoms with Gasteiger partial charge in [0.15, 0.2) is 0 Å². The summed E-state index contributed by atoms with van der Waals surface area (Å²) in [4.78, 5) is 38.9. The lowest BCUT2D eigenvalue weighted by Crippen LogP contribution is -2.37. The van der Waals surface area contributed by atoms with E-state index < -0.39 is 11.2 Å². The normalized spacial score (nSPS) is 11.9. The Morgan fingerprint density at radius 2 is 1.68 bits per heavy atom. The fraction of sp³-hybridized carbons (Fsp3) is 0.407. The van der Waals surface area contributed by atoms with Crippen molar-refractivity contribution in [2.45, 2.75) is 25.5 Å². The lowest BCUT2D eigenvalue weighted by atomic mass is 10.1. The van der Waals surface area contributed by atoms with E-state index in [1.807, 2.05) is 74.3 Å². The fourth-order valence-electron chi connectivity index (χ4n) is 3.49. The minimum Gasteiger partial charge on any atom is -0.383 e. The zero-order valence-corrected chi connectivity index (χ0v) is 22.4. The number of thioether (sulfide) groups is 1. The maximum absolute atomic E-state index is 12.6. The van der Waals surface area contributed by atoms with Crippen LogP contribution < -0.4 is 26.2 Å². The smallest absolute Gasteiger partial charge is 0.243 e. The highest BCUT2D eigenvalue weighted by atomic mass is 32.2. The Balaban J connectivity index is 1.94. The first kappa shape index (κ1) is 29.5. The maximum Gasteiger partial charge on any atom is 0.243 e. The van der Waals surface area contributed by atoms with Gasteiger partial charge in [-0.2, -0.15) is 5.26 Å². The van der Waals surface area contributed by atoms with Gasteiger partial charge in [-0.25, -0.2) is 0 Å². The Kier molecular flexibility index (Phi) is 12.9. The van der Waals surface area contributed by atoms with Crippen molar-refractivity contribution in [3.63, 3.8) is 0 Å². The predicted molar refractivity (Wildman–Crippen MR) is 151 cm³/mol. The molecule has 0 aromatic heterocycles. The van der Waals surface area contributed by atoms with Crippen LogP contribution in [-0.2, 0) is 14.4 Å². The summed E-state index contributed by atoms with van der Waals surface area (Å²) >= 11 is 1.35. The molecule has 1 unspecified atom stereocenters. The summed E-state index contributed by atoms with van der Waals surface area (Å²) in [6.07, 6.45) is 0.105. The zero-order valence-electron chi connectivity index (χ0n) is 21.6. The third kappa shape index (κ3) is 10.8. The Morgan fingerprint density at radius 1 is 0.973 bits per heavy atom. The zero-order chi connectivity index (χ0) is 27.0. The van der Waals surface area contributed by atoms with E-state index in [1.165, 1.54) is 11.8 Å². The van der Waals surface area contributed by atoms with Crippen molar-refractivity contribution in [1.29, 1.82) is 5.26 Å². The number of hydrogen-bond donors (Lipinski definition) is 4. The molecule has 9 nitrogen and oxygen atoms in total. The van der Waals surface area contributed by atoms with Gasteiger partial charge in [0, 0.05) is 55.9 Å². The number of rotatable bonds is 15. The van der Waals surface area contributed by atoms with Crippen molar-refractivity contribution in [3.8, 4) is 6.07 Å². The highest BCUT2D eigenvalue weighted by Crippen LogP contribution is 2.21. The molecule has 0 spiro atoms. The molecule has 4 N–H and O–H groups in total. The van der Waals surface area contributed by atoms with Gasteiger partial charge in [0.2, 0.25) is 17.7 Å². The molecule has 0 aliphatic heterocycles. The highest BCUT2D eigenvalue weighted by Gasteiger charge is 2.22. The maximum atomic E-state index is 12.6. The molecule has 0 saturated carbocycles. The second-order valence-corrected chi connectivity index (χ2v) is 9.64. The Bertz CT molecular complexity index is 1060. The van der Waals surface area contributed by atoms with Crippen molar-refractivity contribution in [3.05, 3.63) is 54.6 Å². The van der Waals surface area contributed by atoms with Gasteiger partial charge < -0.3 is 26.2 Å². The van der Waals surface area contributed by atoms with E-state index in [9.17, 15) is 19.6 Å². The summed E-state index contributed by atoms with van der Waals surface area (Å²) < 4.78 is 0. The van der Waals surface area contributed by atoms with Gasteiger partial charge >= 0.3 is 0 Å². The molecule has 37 heavy (non-hydrogen) atoms. The number of carbonyl (C=O) groups is 3. The first-order valence-corrected chi connectivity index (χ1v) is 13.4. The summed E-state index contributed by atoms with van der Waals surface area (Å²) in [5.41, 5.74) is 2.35. The highest BCUT2D eigenvalue weighted by molar-refractivity contribution is 8.00. The summed E-state index contributed by atoms with van der Waals surface area (Å²) in [6, 6.07) is 19.1. The topological polar surface area (TPSA) is 126 Å². The van der Waals surface area contributed by atoms with Crippen LogP contribution in [0.25, 0.3) is 0 Å². The molecule has 0 radical (unpaired) electrons. The van der Waals surface area contributed by atoms with Gasteiger partial charge in [-0.05, 0) is 44.2 Å². The molecule has 198 valence electrons. The van der Waals surface area contributed by atoms with Crippen molar-refractivity contribution in [2.75, 3.05) is 54.5 Å². The number of nitrogens with zero attached hydrogens (tertiary/aromatic N) is 2. The lowest BCUT2D eigenvalue weighted by molar-refractivity contribution is -0.121. The average molecular weight is 525 g/mol. The lowest BCUT2D eigenvalue weighted by Gasteiger charge is -2.20. The van der Waals surface area contributed by atoms with E-state index in [-0.39, 0.29) is 30.7 Å². The van der Waals surface area contributed by atoms with Crippen molar-refractivity contribution < 1.29 is 14.4 Å².